The molecule has 116 valence electrons. The largest absolute Gasteiger partial charge is 0.395 e. The second kappa shape index (κ2) is 7.84. The van der Waals surface area contributed by atoms with Crippen LogP contribution in [-0.4, -0.2) is 47.2 Å². The predicted octanol–water partition coefficient (Wildman–Crippen LogP) is 1.90. The van der Waals surface area contributed by atoms with Gasteiger partial charge in [-0.1, -0.05) is 15.9 Å². The van der Waals surface area contributed by atoms with Gasteiger partial charge in [0, 0.05) is 42.3 Å². The third-order valence-corrected chi connectivity index (χ3v) is 4.44. The molecule has 21 heavy (non-hydrogen) atoms. The van der Waals surface area contributed by atoms with Gasteiger partial charge in [0.1, 0.15) is 0 Å². The standard InChI is InChI=1S/C14H20BrN3O3/c15-14-8-13(18(20)21)4-3-11(14)9-17(6-7-19)10-12-2-1-5-16-12/h3-4,8,12,16,19H,1-2,5-7,9-10H2. The Labute approximate surface area is 132 Å². The van der Waals surface area contributed by atoms with Gasteiger partial charge in [-0.05, 0) is 31.0 Å². The van der Waals surface area contributed by atoms with Crippen LogP contribution in [0.1, 0.15) is 18.4 Å². The van der Waals surface area contributed by atoms with E-state index in [4.69, 9.17) is 0 Å². The van der Waals surface area contributed by atoms with Crippen LogP contribution in [0.25, 0.3) is 0 Å². The van der Waals surface area contributed by atoms with Gasteiger partial charge in [0.05, 0.1) is 11.5 Å². The maximum atomic E-state index is 10.8. The quantitative estimate of drug-likeness (QED) is 0.575. The fourth-order valence-corrected chi connectivity index (χ4v) is 3.11. The Morgan fingerprint density at radius 1 is 1.52 bits per heavy atom. The number of benzene rings is 1. The minimum absolute atomic E-state index is 0.0804. The number of non-ortho nitro benzene ring substituents is 1. The molecular formula is C14H20BrN3O3. The molecule has 0 aliphatic carbocycles. The summed E-state index contributed by atoms with van der Waals surface area (Å²) in [5.41, 5.74) is 1.07. The number of rotatable bonds is 7. The van der Waals surface area contributed by atoms with E-state index in [-0.39, 0.29) is 12.3 Å². The first-order chi connectivity index (χ1) is 10.1. The van der Waals surface area contributed by atoms with Crippen molar-refractivity contribution in [3.8, 4) is 0 Å². The van der Waals surface area contributed by atoms with Crippen LogP contribution in [0.15, 0.2) is 22.7 Å². The van der Waals surface area contributed by atoms with E-state index in [9.17, 15) is 15.2 Å². The van der Waals surface area contributed by atoms with E-state index in [1.807, 2.05) is 0 Å². The van der Waals surface area contributed by atoms with Crippen molar-refractivity contribution in [2.75, 3.05) is 26.2 Å². The molecule has 7 heteroatoms. The van der Waals surface area contributed by atoms with Crippen LogP contribution in [-0.2, 0) is 6.54 Å². The lowest BCUT2D eigenvalue weighted by Gasteiger charge is -2.25. The number of nitrogens with one attached hydrogen (secondary N) is 1. The third kappa shape index (κ3) is 4.74. The summed E-state index contributed by atoms with van der Waals surface area (Å²) in [6.45, 7) is 3.30. The van der Waals surface area contributed by atoms with Gasteiger partial charge in [0.2, 0.25) is 0 Å². The molecule has 1 aromatic carbocycles. The summed E-state index contributed by atoms with van der Waals surface area (Å²) in [7, 11) is 0. The minimum atomic E-state index is -0.400. The first kappa shape index (κ1) is 16.4. The fourth-order valence-electron chi connectivity index (χ4n) is 2.62. The smallest absolute Gasteiger partial charge is 0.270 e. The average Bonchev–Trinajstić information content (AvgIpc) is 2.94. The molecule has 0 saturated carbocycles. The highest BCUT2D eigenvalue weighted by Gasteiger charge is 2.19. The zero-order valence-corrected chi connectivity index (χ0v) is 13.4. The molecule has 1 unspecified atom stereocenters. The summed E-state index contributed by atoms with van der Waals surface area (Å²) in [5.74, 6) is 0. The van der Waals surface area contributed by atoms with Crippen molar-refractivity contribution < 1.29 is 10.0 Å². The van der Waals surface area contributed by atoms with Gasteiger partial charge < -0.3 is 10.4 Å². The fraction of sp³-hybridized carbons (Fsp3) is 0.571. The summed E-state index contributed by atoms with van der Waals surface area (Å²) >= 11 is 3.40. The lowest BCUT2D eigenvalue weighted by molar-refractivity contribution is -0.384. The zero-order valence-electron chi connectivity index (χ0n) is 11.8. The van der Waals surface area contributed by atoms with Gasteiger partial charge >= 0.3 is 0 Å². The van der Waals surface area contributed by atoms with E-state index in [0.717, 1.165) is 29.5 Å². The zero-order chi connectivity index (χ0) is 15.2. The van der Waals surface area contributed by atoms with Crippen molar-refractivity contribution in [2.24, 2.45) is 0 Å². The summed E-state index contributed by atoms with van der Waals surface area (Å²) in [5, 5.41) is 23.4. The molecule has 1 aliphatic heterocycles. The molecule has 1 saturated heterocycles. The van der Waals surface area contributed by atoms with Gasteiger partial charge in [0.15, 0.2) is 0 Å². The highest BCUT2D eigenvalue weighted by atomic mass is 79.9. The highest BCUT2D eigenvalue weighted by Crippen LogP contribution is 2.24. The Balaban J connectivity index is 2.03. The number of nitrogens with zero attached hydrogens (tertiary/aromatic N) is 2. The van der Waals surface area contributed by atoms with Crippen molar-refractivity contribution in [1.82, 2.24) is 10.2 Å². The maximum Gasteiger partial charge on any atom is 0.270 e. The Kier molecular flexibility index (Phi) is 6.10. The molecule has 1 atom stereocenters. The summed E-state index contributed by atoms with van der Waals surface area (Å²) in [6, 6.07) is 5.29. The van der Waals surface area contributed by atoms with Crippen LogP contribution in [0.3, 0.4) is 0 Å². The second-order valence-corrected chi connectivity index (χ2v) is 6.14. The molecule has 1 aromatic rings. The number of halogens is 1. The van der Waals surface area contributed by atoms with Crippen LogP contribution < -0.4 is 5.32 Å². The van der Waals surface area contributed by atoms with E-state index >= 15 is 0 Å². The lowest BCUT2D eigenvalue weighted by atomic mass is 10.1. The number of hydrogen-bond acceptors (Lipinski definition) is 5. The van der Waals surface area contributed by atoms with E-state index < -0.39 is 4.92 Å². The summed E-state index contributed by atoms with van der Waals surface area (Å²) in [4.78, 5) is 12.5. The van der Waals surface area contributed by atoms with Crippen LogP contribution in [0, 0.1) is 10.1 Å². The van der Waals surface area contributed by atoms with E-state index in [2.05, 4.69) is 26.1 Å². The monoisotopic (exact) mass is 357 g/mol. The first-order valence-corrected chi connectivity index (χ1v) is 7.89. The van der Waals surface area contributed by atoms with Gasteiger partial charge in [-0.25, -0.2) is 0 Å². The maximum absolute atomic E-state index is 10.8. The normalized spacial score (nSPS) is 18.3. The molecule has 0 spiro atoms. The van der Waals surface area contributed by atoms with Crippen molar-refractivity contribution in [3.05, 3.63) is 38.3 Å². The first-order valence-electron chi connectivity index (χ1n) is 7.09. The van der Waals surface area contributed by atoms with Crippen LogP contribution in [0.2, 0.25) is 0 Å². The van der Waals surface area contributed by atoms with Gasteiger partial charge in [0.25, 0.3) is 5.69 Å². The molecule has 1 heterocycles. The van der Waals surface area contributed by atoms with Crippen molar-refractivity contribution >= 4 is 21.6 Å². The molecule has 0 bridgehead atoms. The average molecular weight is 358 g/mol. The molecule has 6 nitrogen and oxygen atoms in total. The lowest BCUT2D eigenvalue weighted by Crippen LogP contribution is -2.38. The Morgan fingerprint density at radius 3 is 2.90 bits per heavy atom. The number of nitro groups is 1. The van der Waals surface area contributed by atoms with Gasteiger partial charge in [-0.15, -0.1) is 0 Å². The molecular weight excluding hydrogens is 338 g/mol. The Morgan fingerprint density at radius 2 is 2.33 bits per heavy atom. The molecule has 2 N–H and O–H groups in total. The number of aliphatic hydroxyl groups is 1. The SMILES string of the molecule is O=[N+]([O-])c1ccc(CN(CCO)CC2CCCN2)c(Br)c1. The number of nitro benzene ring substituents is 1. The second-order valence-electron chi connectivity index (χ2n) is 5.28. The van der Waals surface area contributed by atoms with Crippen molar-refractivity contribution in [1.29, 1.82) is 0 Å². The highest BCUT2D eigenvalue weighted by molar-refractivity contribution is 9.10. The molecule has 0 radical (unpaired) electrons. The molecule has 1 aliphatic rings. The Hall–Kier alpha value is -1.02. The Bertz CT molecular complexity index is 492. The molecule has 0 aromatic heterocycles. The molecule has 0 amide bonds. The minimum Gasteiger partial charge on any atom is -0.395 e. The third-order valence-electron chi connectivity index (χ3n) is 3.70. The van der Waals surface area contributed by atoms with E-state index in [1.54, 1.807) is 6.07 Å². The van der Waals surface area contributed by atoms with E-state index in [1.165, 1.54) is 18.6 Å². The van der Waals surface area contributed by atoms with Gasteiger partial charge in [-0.2, -0.15) is 0 Å². The molecule has 2 rings (SSSR count). The summed E-state index contributed by atoms with van der Waals surface area (Å²) in [6.07, 6.45) is 2.35. The number of aliphatic hydroxyl groups excluding tert-OH is 1. The van der Waals surface area contributed by atoms with Crippen LogP contribution in [0.4, 0.5) is 5.69 Å². The summed E-state index contributed by atoms with van der Waals surface area (Å²) < 4.78 is 0.735. The van der Waals surface area contributed by atoms with Gasteiger partial charge in [-0.3, -0.25) is 15.0 Å². The number of hydrogen-bond donors (Lipinski definition) is 2. The predicted molar refractivity (Wildman–Crippen MR) is 84.2 cm³/mol. The van der Waals surface area contributed by atoms with Crippen molar-refractivity contribution in [3.63, 3.8) is 0 Å². The molecule has 1 fully saturated rings. The van der Waals surface area contributed by atoms with E-state index in [0.29, 0.717) is 19.1 Å². The van der Waals surface area contributed by atoms with Crippen molar-refractivity contribution in [2.45, 2.75) is 25.4 Å². The van der Waals surface area contributed by atoms with Crippen LogP contribution >= 0.6 is 15.9 Å². The van der Waals surface area contributed by atoms with Crippen LogP contribution in [0.5, 0.6) is 0 Å². The topological polar surface area (TPSA) is 78.6 Å².